The van der Waals surface area contributed by atoms with E-state index in [1.165, 1.54) is 25.7 Å². The van der Waals surface area contributed by atoms with E-state index in [2.05, 4.69) is 27.7 Å². The second-order valence-corrected chi connectivity index (χ2v) is 7.66. The molecule has 0 bridgehead atoms. The van der Waals surface area contributed by atoms with Crippen molar-refractivity contribution in [3.8, 4) is 0 Å². The highest BCUT2D eigenvalue weighted by atomic mass is 16.6. The standard InChI is InChI=1S/C15H26O2/c1-13(2)6-5-7-14(3)10(13)8-12-15(4,17-12)11(14)9-16/h10-12,16H,5-9H2,1-4H3/t10?,11-,12-,14+,15+/m1/s1. The number of epoxide rings is 1. The van der Waals surface area contributed by atoms with E-state index in [1.807, 2.05) is 0 Å². The summed E-state index contributed by atoms with van der Waals surface area (Å²) in [5, 5.41) is 9.85. The lowest BCUT2D eigenvalue weighted by Crippen LogP contribution is -2.55. The molecule has 1 unspecified atom stereocenters. The van der Waals surface area contributed by atoms with E-state index in [0.29, 0.717) is 23.4 Å². The van der Waals surface area contributed by atoms with Crippen molar-refractivity contribution in [3.05, 3.63) is 0 Å². The molecule has 3 aliphatic rings. The molecule has 1 N–H and O–H groups in total. The van der Waals surface area contributed by atoms with Crippen LogP contribution in [0.1, 0.15) is 53.4 Å². The van der Waals surface area contributed by atoms with Gasteiger partial charge in [-0.2, -0.15) is 0 Å². The van der Waals surface area contributed by atoms with Gasteiger partial charge in [-0.25, -0.2) is 0 Å². The Labute approximate surface area is 105 Å². The summed E-state index contributed by atoms with van der Waals surface area (Å²) in [4.78, 5) is 0. The molecule has 0 aromatic heterocycles. The van der Waals surface area contributed by atoms with Crippen LogP contribution in [0.15, 0.2) is 0 Å². The van der Waals surface area contributed by atoms with Gasteiger partial charge in [-0.1, -0.05) is 27.2 Å². The van der Waals surface area contributed by atoms with Gasteiger partial charge >= 0.3 is 0 Å². The Bertz CT molecular complexity index is 338. The predicted octanol–water partition coefficient (Wildman–Crippen LogP) is 2.99. The summed E-state index contributed by atoms with van der Waals surface area (Å²) in [7, 11) is 0. The first-order chi connectivity index (χ1) is 7.84. The molecule has 0 radical (unpaired) electrons. The zero-order valence-electron chi connectivity index (χ0n) is 11.6. The van der Waals surface area contributed by atoms with Crippen molar-refractivity contribution in [1.29, 1.82) is 0 Å². The van der Waals surface area contributed by atoms with E-state index in [4.69, 9.17) is 4.74 Å². The van der Waals surface area contributed by atoms with Crippen molar-refractivity contribution in [3.63, 3.8) is 0 Å². The Morgan fingerprint density at radius 1 is 1.18 bits per heavy atom. The van der Waals surface area contributed by atoms with Crippen LogP contribution in [-0.2, 0) is 4.74 Å². The maximum atomic E-state index is 9.85. The fourth-order valence-electron chi connectivity index (χ4n) is 5.29. The molecule has 98 valence electrons. The van der Waals surface area contributed by atoms with Gasteiger partial charge in [0.1, 0.15) is 0 Å². The van der Waals surface area contributed by atoms with Crippen molar-refractivity contribution in [2.45, 2.75) is 65.1 Å². The molecule has 1 saturated heterocycles. The summed E-state index contributed by atoms with van der Waals surface area (Å²) in [6, 6.07) is 0. The third-order valence-corrected chi connectivity index (χ3v) is 6.37. The molecule has 2 heteroatoms. The third kappa shape index (κ3) is 1.40. The molecule has 5 atom stereocenters. The van der Waals surface area contributed by atoms with Crippen LogP contribution in [0, 0.1) is 22.7 Å². The first-order valence-electron chi connectivity index (χ1n) is 7.13. The molecule has 3 rings (SSSR count). The molecule has 2 aliphatic carbocycles. The van der Waals surface area contributed by atoms with Gasteiger partial charge in [0, 0.05) is 12.5 Å². The van der Waals surface area contributed by atoms with E-state index >= 15 is 0 Å². The lowest BCUT2D eigenvalue weighted by atomic mass is 9.47. The Balaban J connectivity index is 1.99. The summed E-state index contributed by atoms with van der Waals surface area (Å²) in [5.74, 6) is 1.04. The second-order valence-electron chi connectivity index (χ2n) is 7.66. The number of hydrogen-bond acceptors (Lipinski definition) is 2. The molecule has 2 saturated carbocycles. The van der Waals surface area contributed by atoms with E-state index in [9.17, 15) is 5.11 Å². The topological polar surface area (TPSA) is 32.8 Å². The fourth-order valence-corrected chi connectivity index (χ4v) is 5.29. The Hall–Kier alpha value is -0.0800. The van der Waals surface area contributed by atoms with E-state index in [1.54, 1.807) is 0 Å². The van der Waals surface area contributed by atoms with Gasteiger partial charge in [0.15, 0.2) is 0 Å². The van der Waals surface area contributed by atoms with Gasteiger partial charge in [0.05, 0.1) is 11.7 Å². The Kier molecular flexibility index (Phi) is 2.30. The molecular formula is C15H26O2. The second kappa shape index (κ2) is 3.27. The van der Waals surface area contributed by atoms with Crippen LogP contribution in [0.2, 0.25) is 0 Å². The molecule has 1 aliphatic heterocycles. The SMILES string of the molecule is CC1(C)CCC[C@@]2(C)C1C[C@H]1O[C@@]1(C)[C@@H]2CO. The largest absolute Gasteiger partial charge is 0.396 e. The Morgan fingerprint density at radius 3 is 2.53 bits per heavy atom. The predicted molar refractivity (Wildman–Crippen MR) is 67.7 cm³/mol. The van der Waals surface area contributed by atoms with Gasteiger partial charge in [-0.15, -0.1) is 0 Å². The Morgan fingerprint density at radius 2 is 1.88 bits per heavy atom. The van der Waals surface area contributed by atoms with Crippen LogP contribution in [0.3, 0.4) is 0 Å². The molecule has 3 fully saturated rings. The number of rotatable bonds is 1. The molecule has 0 aromatic rings. The molecule has 0 amide bonds. The van der Waals surface area contributed by atoms with Crippen molar-refractivity contribution in [2.75, 3.05) is 6.61 Å². The van der Waals surface area contributed by atoms with E-state index < -0.39 is 0 Å². The highest BCUT2D eigenvalue weighted by Gasteiger charge is 2.69. The molecule has 17 heavy (non-hydrogen) atoms. The van der Waals surface area contributed by atoms with Crippen molar-refractivity contribution in [1.82, 2.24) is 0 Å². The van der Waals surface area contributed by atoms with Crippen LogP contribution in [0.25, 0.3) is 0 Å². The van der Waals surface area contributed by atoms with Crippen LogP contribution < -0.4 is 0 Å². The summed E-state index contributed by atoms with van der Waals surface area (Å²) in [6.07, 6.45) is 5.51. The van der Waals surface area contributed by atoms with Gasteiger partial charge in [-0.05, 0) is 42.9 Å². The molecule has 2 nitrogen and oxygen atoms in total. The van der Waals surface area contributed by atoms with Gasteiger partial charge in [-0.3, -0.25) is 0 Å². The third-order valence-electron chi connectivity index (χ3n) is 6.37. The van der Waals surface area contributed by atoms with Crippen LogP contribution in [-0.4, -0.2) is 23.4 Å². The molecule has 0 aromatic carbocycles. The molecule has 1 heterocycles. The zero-order chi connectivity index (χ0) is 12.5. The minimum Gasteiger partial charge on any atom is -0.396 e. The first kappa shape index (κ1) is 12.0. The molecule has 0 spiro atoms. The maximum Gasteiger partial charge on any atom is 0.0975 e. The monoisotopic (exact) mass is 238 g/mol. The highest BCUT2D eigenvalue weighted by Crippen LogP contribution is 2.67. The average molecular weight is 238 g/mol. The number of hydrogen-bond donors (Lipinski definition) is 1. The summed E-state index contributed by atoms with van der Waals surface area (Å²) < 4.78 is 5.96. The number of ether oxygens (including phenoxy) is 1. The smallest absolute Gasteiger partial charge is 0.0975 e. The number of aliphatic hydroxyl groups is 1. The minimum atomic E-state index is -0.0204. The van der Waals surface area contributed by atoms with Crippen LogP contribution >= 0.6 is 0 Å². The van der Waals surface area contributed by atoms with Crippen LogP contribution in [0.5, 0.6) is 0 Å². The maximum absolute atomic E-state index is 9.85. The zero-order valence-corrected chi connectivity index (χ0v) is 11.6. The van der Waals surface area contributed by atoms with Gasteiger partial charge in [0.2, 0.25) is 0 Å². The van der Waals surface area contributed by atoms with Crippen molar-refractivity contribution < 1.29 is 9.84 Å². The number of fused-ring (bicyclic) bond motifs is 2. The first-order valence-corrected chi connectivity index (χ1v) is 7.13. The van der Waals surface area contributed by atoms with E-state index in [0.717, 1.165) is 0 Å². The van der Waals surface area contributed by atoms with Crippen LogP contribution in [0.4, 0.5) is 0 Å². The number of aliphatic hydroxyl groups excluding tert-OH is 1. The highest BCUT2D eigenvalue weighted by molar-refractivity contribution is 5.17. The summed E-state index contributed by atoms with van der Waals surface area (Å²) in [6.45, 7) is 9.73. The van der Waals surface area contributed by atoms with Gasteiger partial charge < -0.3 is 9.84 Å². The normalized spacial score (nSPS) is 55.9. The average Bonchev–Trinajstić information content (AvgIpc) is 2.86. The van der Waals surface area contributed by atoms with Crippen molar-refractivity contribution >= 4 is 0 Å². The van der Waals surface area contributed by atoms with Gasteiger partial charge in [0.25, 0.3) is 0 Å². The van der Waals surface area contributed by atoms with Crippen molar-refractivity contribution in [2.24, 2.45) is 22.7 Å². The minimum absolute atomic E-state index is 0.0204. The quantitative estimate of drug-likeness (QED) is 0.712. The fraction of sp³-hybridized carbons (Fsp3) is 1.00. The summed E-state index contributed by atoms with van der Waals surface area (Å²) in [5.41, 5.74) is 0.666. The summed E-state index contributed by atoms with van der Waals surface area (Å²) >= 11 is 0. The lowest BCUT2D eigenvalue weighted by Gasteiger charge is -2.57. The lowest BCUT2D eigenvalue weighted by molar-refractivity contribution is -0.0926. The van der Waals surface area contributed by atoms with E-state index in [-0.39, 0.29) is 17.6 Å². The molecular weight excluding hydrogens is 212 g/mol.